The molecule has 1 aromatic carbocycles. The normalized spacial score (nSPS) is 14.7. The van der Waals surface area contributed by atoms with E-state index < -0.39 is 17.6 Å². The van der Waals surface area contributed by atoms with Crippen molar-refractivity contribution in [2.24, 2.45) is 23.0 Å². The second-order valence-electron chi connectivity index (χ2n) is 9.82. The molecule has 0 aliphatic heterocycles. The van der Waals surface area contributed by atoms with Crippen molar-refractivity contribution in [1.82, 2.24) is 5.32 Å². The predicted octanol–water partition coefficient (Wildman–Crippen LogP) is 3.17. The second kappa shape index (κ2) is 13.7. The van der Waals surface area contributed by atoms with Crippen molar-refractivity contribution in [1.29, 1.82) is 0 Å². The summed E-state index contributed by atoms with van der Waals surface area (Å²) in [6.07, 6.45) is 1.47. The highest BCUT2D eigenvalue weighted by atomic mass is 16.5. The van der Waals surface area contributed by atoms with E-state index in [1.165, 1.54) is 0 Å². The lowest BCUT2D eigenvalue weighted by molar-refractivity contribution is -0.129. The van der Waals surface area contributed by atoms with Crippen LogP contribution in [0.15, 0.2) is 18.2 Å². The topological polar surface area (TPSA) is 103 Å². The molecule has 0 saturated heterocycles. The minimum Gasteiger partial charge on any atom is -0.493 e. The Bertz CT molecular complexity index is 687. The molecule has 0 fully saturated rings. The zero-order chi connectivity index (χ0) is 24.3. The van der Waals surface area contributed by atoms with Gasteiger partial charge in [-0.25, -0.2) is 0 Å². The SMILES string of the molecule is COCCCOc1cc(CC(CC(N)C(O)CNC(=O)C(C)(C)C)C(C)C)ccc1OC. The van der Waals surface area contributed by atoms with Crippen molar-refractivity contribution in [3.05, 3.63) is 23.8 Å². The maximum Gasteiger partial charge on any atom is 0.225 e. The molecule has 4 N–H and O–H groups in total. The lowest BCUT2D eigenvalue weighted by Crippen LogP contribution is -2.47. The maximum atomic E-state index is 12.1. The van der Waals surface area contributed by atoms with Crippen molar-refractivity contribution in [2.75, 3.05) is 34.0 Å². The van der Waals surface area contributed by atoms with Gasteiger partial charge in [0.05, 0.1) is 19.8 Å². The Morgan fingerprint density at radius 2 is 1.84 bits per heavy atom. The molecule has 0 saturated carbocycles. The summed E-state index contributed by atoms with van der Waals surface area (Å²) in [6.45, 7) is 11.2. The molecule has 1 amide bonds. The molecule has 0 aliphatic carbocycles. The van der Waals surface area contributed by atoms with Gasteiger partial charge in [0.25, 0.3) is 0 Å². The summed E-state index contributed by atoms with van der Waals surface area (Å²) in [4.78, 5) is 12.1. The fourth-order valence-corrected chi connectivity index (χ4v) is 3.36. The molecule has 3 atom stereocenters. The van der Waals surface area contributed by atoms with E-state index in [-0.39, 0.29) is 18.4 Å². The Kier molecular flexibility index (Phi) is 12.0. The second-order valence-corrected chi connectivity index (χ2v) is 9.82. The number of carbonyl (C=O) groups is 1. The molecule has 3 unspecified atom stereocenters. The van der Waals surface area contributed by atoms with Gasteiger partial charge in [0.15, 0.2) is 11.5 Å². The molecule has 0 spiro atoms. The first-order chi connectivity index (χ1) is 15.0. The van der Waals surface area contributed by atoms with Gasteiger partial charge in [-0.1, -0.05) is 40.7 Å². The first kappa shape index (κ1) is 28.2. The van der Waals surface area contributed by atoms with Crippen LogP contribution in [0, 0.1) is 17.3 Å². The van der Waals surface area contributed by atoms with Gasteiger partial charge in [0.1, 0.15) is 0 Å². The Hall–Kier alpha value is -1.83. The third-order valence-corrected chi connectivity index (χ3v) is 5.64. The van der Waals surface area contributed by atoms with Crippen LogP contribution in [0.2, 0.25) is 0 Å². The van der Waals surface area contributed by atoms with Gasteiger partial charge in [0.2, 0.25) is 5.91 Å². The molecular weight excluding hydrogens is 408 g/mol. The van der Waals surface area contributed by atoms with Crippen LogP contribution in [0.3, 0.4) is 0 Å². The molecular formula is C25H44N2O5. The Balaban J connectivity index is 2.76. The van der Waals surface area contributed by atoms with Crippen molar-refractivity contribution >= 4 is 5.91 Å². The highest BCUT2D eigenvalue weighted by molar-refractivity contribution is 5.81. The molecule has 7 heteroatoms. The summed E-state index contributed by atoms with van der Waals surface area (Å²) >= 11 is 0. The number of nitrogens with two attached hydrogens (primary N) is 1. The molecule has 0 bridgehead atoms. The van der Waals surface area contributed by atoms with Crippen LogP contribution >= 0.6 is 0 Å². The lowest BCUT2D eigenvalue weighted by atomic mass is 9.83. The van der Waals surface area contributed by atoms with E-state index in [4.69, 9.17) is 19.9 Å². The quantitative estimate of drug-likeness (QED) is 0.375. The van der Waals surface area contributed by atoms with Crippen molar-refractivity contribution in [3.8, 4) is 11.5 Å². The molecule has 0 aromatic heterocycles. The van der Waals surface area contributed by atoms with Gasteiger partial charge in [-0.2, -0.15) is 0 Å². The standard InChI is InChI=1S/C25H44N2O5/c1-17(2)19(15-20(26)21(28)16-27-24(29)25(3,4)5)13-18-9-10-22(31-7)23(14-18)32-12-8-11-30-6/h9-10,14,17,19-21,28H,8,11-13,15-16,26H2,1-7H3,(H,27,29). The third kappa shape index (κ3) is 9.76. The zero-order valence-electron chi connectivity index (χ0n) is 20.9. The number of methoxy groups -OCH3 is 2. The van der Waals surface area contributed by atoms with E-state index in [0.29, 0.717) is 31.3 Å². The van der Waals surface area contributed by atoms with Gasteiger partial charge >= 0.3 is 0 Å². The number of rotatable bonds is 14. The highest BCUT2D eigenvalue weighted by Gasteiger charge is 2.26. The number of amides is 1. The molecule has 0 radical (unpaired) electrons. The smallest absolute Gasteiger partial charge is 0.225 e. The minimum atomic E-state index is -0.793. The van der Waals surface area contributed by atoms with Crippen LogP contribution in [0.5, 0.6) is 11.5 Å². The van der Waals surface area contributed by atoms with E-state index in [1.807, 2.05) is 39.0 Å². The molecule has 1 aromatic rings. The van der Waals surface area contributed by atoms with Crippen molar-refractivity contribution in [3.63, 3.8) is 0 Å². The summed E-state index contributed by atoms with van der Waals surface area (Å²) in [6, 6.07) is 5.56. The summed E-state index contributed by atoms with van der Waals surface area (Å²) in [5.41, 5.74) is 6.95. The van der Waals surface area contributed by atoms with E-state index in [0.717, 1.165) is 24.2 Å². The van der Waals surface area contributed by atoms with E-state index in [2.05, 4.69) is 19.2 Å². The number of benzene rings is 1. The van der Waals surface area contributed by atoms with Gasteiger partial charge in [-0.15, -0.1) is 0 Å². The monoisotopic (exact) mass is 452 g/mol. The summed E-state index contributed by atoms with van der Waals surface area (Å²) < 4.78 is 16.4. The number of carbonyl (C=O) groups excluding carboxylic acids is 1. The van der Waals surface area contributed by atoms with Crippen LogP contribution in [0.4, 0.5) is 0 Å². The third-order valence-electron chi connectivity index (χ3n) is 5.64. The first-order valence-electron chi connectivity index (χ1n) is 11.5. The molecule has 0 heterocycles. The molecule has 184 valence electrons. The van der Waals surface area contributed by atoms with E-state index in [1.54, 1.807) is 14.2 Å². The van der Waals surface area contributed by atoms with Crippen LogP contribution < -0.4 is 20.5 Å². The number of aliphatic hydroxyl groups excluding tert-OH is 1. The van der Waals surface area contributed by atoms with Crippen LogP contribution in [-0.4, -0.2) is 57.1 Å². The summed E-state index contributed by atoms with van der Waals surface area (Å²) in [5, 5.41) is 13.3. The van der Waals surface area contributed by atoms with Crippen LogP contribution in [-0.2, 0) is 16.0 Å². The molecule has 7 nitrogen and oxygen atoms in total. The lowest BCUT2D eigenvalue weighted by Gasteiger charge is -2.28. The Morgan fingerprint density at radius 3 is 2.41 bits per heavy atom. The highest BCUT2D eigenvalue weighted by Crippen LogP contribution is 2.31. The van der Waals surface area contributed by atoms with Crippen LogP contribution in [0.1, 0.15) is 53.0 Å². The number of ether oxygens (including phenoxy) is 3. The zero-order valence-corrected chi connectivity index (χ0v) is 20.9. The average Bonchev–Trinajstić information content (AvgIpc) is 2.73. The van der Waals surface area contributed by atoms with Crippen LogP contribution in [0.25, 0.3) is 0 Å². The molecule has 32 heavy (non-hydrogen) atoms. The van der Waals surface area contributed by atoms with Gasteiger partial charge in [-0.05, 0) is 42.4 Å². The van der Waals surface area contributed by atoms with Crippen molar-refractivity contribution < 1.29 is 24.1 Å². The summed E-state index contributed by atoms with van der Waals surface area (Å²) in [5.74, 6) is 1.98. The average molecular weight is 453 g/mol. The number of nitrogens with one attached hydrogen (secondary N) is 1. The van der Waals surface area contributed by atoms with Gasteiger partial charge < -0.3 is 30.4 Å². The van der Waals surface area contributed by atoms with Crippen molar-refractivity contribution in [2.45, 2.75) is 66.0 Å². The fraction of sp³-hybridized carbons (Fsp3) is 0.720. The van der Waals surface area contributed by atoms with E-state index >= 15 is 0 Å². The Morgan fingerprint density at radius 1 is 1.16 bits per heavy atom. The summed E-state index contributed by atoms with van der Waals surface area (Å²) in [7, 11) is 3.31. The number of hydrogen-bond donors (Lipinski definition) is 3. The number of hydrogen-bond acceptors (Lipinski definition) is 6. The largest absolute Gasteiger partial charge is 0.493 e. The fourth-order valence-electron chi connectivity index (χ4n) is 3.36. The maximum absolute atomic E-state index is 12.1. The van der Waals surface area contributed by atoms with Gasteiger partial charge in [-0.3, -0.25) is 4.79 Å². The molecule has 0 aliphatic rings. The first-order valence-corrected chi connectivity index (χ1v) is 11.5. The van der Waals surface area contributed by atoms with E-state index in [9.17, 15) is 9.90 Å². The minimum absolute atomic E-state index is 0.0968. The number of aliphatic hydroxyl groups is 1. The predicted molar refractivity (Wildman–Crippen MR) is 128 cm³/mol. The van der Waals surface area contributed by atoms with Gasteiger partial charge in [0, 0.05) is 38.1 Å². The Labute approximate surface area is 194 Å². The molecule has 1 rings (SSSR count).